The molecule has 4 aromatic carbocycles. The third-order valence-corrected chi connectivity index (χ3v) is 14.9. The lowest BCUT2D eigenvalue weighted by Crippen LogP contribution is -2.57. The molecule has 78 heavy (non-hydrogen) atoms. The molecule has 0 radical (unpaired) electrons. The standard InChI is InChI=1S/C43H64O10.C23H32O2/c1-27-17-29(19-31(35(27)46)39(3,4)5)13-15-33(44)48-21-41(9,10)37-50-23-43(24-51-37)25-52-38(53-26-43)42(11,12)22-49-34(45)16-14-30-18-28(2)36(47)32(20-30)40(6,7)8;1-14-9-16(20(24)18(11-14)22(3,4)5)13-17-10-15(2)12-19(21(17)25)23(6,7)8/h17-20,37-38,46-47H,13-16,21-26H2,1-12H3;9-12,24-25H,13H2,1-8H3. The predicted molar refractivity (Wildman–Crippen MR) is 309 cm³/mol. The van der Waals surface area contributed by atoms with Crippen LogP contribution in [0, 0.1) is 43.9 Å². The van der Waals surface area contributed by atoms with Crippen LogP contribution in [-0.2, 0) is 78.9 Å². The summed E-state index contributed by atoms with van der Waals surface area (Å²) in [5.74, 6) is 0.690. The van der Waals surface area contributed by atoms with Gasteiger partial charge < -0.3 is 48.8 Å². The fourth-order valence-electron chi connectivity index (χ4n) is 10.0. The summed E-state index contributed by atoms with van der Waals surface area (Å²) >= 11 is 0. The van der Waals surface area contributed by atoms with E-state index < -0.39 is 28.8 Å². The molecule has 4 aromatic rings. The SMILES string of the molecule is Cc1cc(CCC(=O)OCC(C)(C)C2OCC3(CO2)COC(C(C)(C)COC(=O)CCc2cc(C)c(O)c(C(C)(C)C)c2)OC3)cc(C(C)(C)C)c1O.Cc1cc(Cc2cc(C)cc(C(C)(C)C)c2O)c(O)c(C(C)(C)C)c1. The van der Waals surface area contributed by atoms with Crippen LogP contribution in [0.15, 0.2) is 48.5 Å². The maximum atomic E-state index is 12.7. The summed E-state index contributed by atoms with van der Waals surface area (Å²) in [6, 6.07) is 15.9. The average molecular weight is 1080 g/mol. The van der Waals surface area contributed by atoms with Crippen LogP contribution in [0.2, 0.25) is 0 Å². The minimum absolute atomic E-state index is 0.129. The van der Waals surface area contributed by atoms with E-state index in [9.17, 15) is 30.0 Å². The minimum atomic E-state index is -0.591. The monoisotopic (exact) mass is 1080 g/mol. The molecule has 0 atom stereocenters. The van der Waals surface area contributed by atoms with Crippen LogP contribution >= 0.6 is 0 Å². The molecule has 4 N–H and O–H groups in total. The third-order valence-electron chi connectivity index (χ3n) is 14.9. The van der Waals surface area contributed by atoms with Crippen LogP contribution in [0.5, 0.6) is 23.0 Å². The molecular weight excluding hydrogens is 985 g/mol. The van der Waals surface area contributed by atoms with Crippen molar-refractivity contribution in [2.75, 3.05) is 39.6 Å². The van der Waals surface area contributed by atoms with Gasteiger partial charge in [0.05, 0.1) is 31.8 Å². The van der Waals surface area contributed by atoms with Crippen molar-refractivity contribution >= 4 is 11.9 Å². The molecule has 2 fully saturated rings. The molecule has 0 amide bonds. The highest BCUT2D eigenvalue weighted by Crippen LogP contribution is 2.42. The number of carbonyl (C=O) groups is 2. The molecule has 432 valence electrons. The molecule has 0 aromatic heterocycles. The van der Waals surface area contributed by atoms with Gasteiger partial charge in [-0.2, -0.15) is 0 Å². The zero-order valence-electron chi connectivity index (χ0n) is 51.1. The van der Waals surface area contributed by atoms with Crippen molar-refractivity contribution in [2.24, 2.45) is 16.2 Å². The van der Waals surface area contributed by atoms with Crippen LogP contribution in [0.1, 0.15) is 190 Å². The Bertz CT molecular complexity index is 2550. The molecule has 6 rings (SSSR count). The molecule has 12 heteroatoms. The number of hydrogen-bond donors (Lipinski definition) is 4. The first-order valence-corrected chi connectivity index (χ1v) is 27.8. The lowest BCUT2D eigenvalue weighted by Gasteiger charge is -2.48. The summed E-state index contributed by atoms with van der Waals surface area (Å²) in [5, 5.41) is 42.7. The van der Waals surface area contributed by atoms with Gasteiger partial charge in [-0.05, 0) is 118 Å². The van der Waals surface area contributed by atoms with Crippen LogP contribution in [0.4, 0.5) is 0 Å². The van der Waals surface area contributed by atoms with Gasteiger partial charge in [-0.25, -0.2) is 0 Å². The zero-order chi connectivity index (χ0) is 58.7. The number of aromatic hydroxyl groups is 4. The molecule has 2 heterocycles. The smallest absolute Gasteiger partial charge is 0.306 e. The van der Waals surface area contributed by atoms with Crippen LogP contribution < -0.4 is 0 Å². The first-order valence-electron chi connectivity index (χ1n) is 27.8. The minimum Gasteiger partial charge on any atom is -0.507 e. The van der Waals surface area contributed by atoms with Gasteiger partial charge in [0.1, 0.15) is 36.2 Å². The van der Waals surface area contributed by atoms with Gasteiger partial charge >= 0.3 is 11.9 Å². The van der Waals surface area contributed by atoms with Crippen molar-refractivity contribution in [3.05, 3.63) is 115 Å². The second-order valence-corrected chi connectivity index (χ2v) is 28.1. The lowest BCUT2D eigenvalue weighted by molar-refractivity contribution is -0.337. The quantitative estimate of drug-likeness (QED) is 0.0883. The van der Waals surface area contributed by atoms with Gasteiger partial charge in [0, 0.05) is 30.1 Å². The number of carbonyl (C=O) groups excluding carboxylic acids is 2. The number of phenols is 4. The molecule has 1 spiro atoms. The Morgan fingerprint density at radius 2 is 0.756 bits per heavy atom. The number of ether oxygens (including phenoxy) is 6. The highest BCUT2D eigenvalue weighted by Gasteiger charge is 2.48. The van der Waals surface area contributed by atoms with Crippen molar-refractivity contribution in [2.45, 2.75) is 205 Å². The van der Waals surface area contributed by atoms with Gasteiger partial charge in [-0.15, -0.1) is 0 Å². The highest BCUT2D eigenvalue weighted by atomic mass is 16.7. The summed E-state index contributed by atoms with van der Waals surface area (Å²) in [7, 11) is 0. The fraction of sp³-hybridized carbons (Fsp3) is 0.606. The second kappa shape index (κ2) is 24.3. The van der Waals surface area contributed by atoms with Gasteiger partial charge in [-0.3, -0.25) is 9.59 Å². The molecule has 2 aliphatic heterocycles. The number of aryl methyl sites for hydroxylation is 6. The van der Waals surface area contributed by atoms with E-state index in [2.05, 4.69) is 109 Å². The topological polar surface area (TPSA) is 170 Å². The number of esters is 2. The molecule has 2 aliphatic rings. The van der Waals surface area contributed by atoms with Gasteiger partial charge in [0.2, 0.25) is 0 Å². The van der Waals surface area contributed by atoms with Crippen LogP contribution in [0.25, 0.3) is 0 Å². The van der Waals surface area contributed by atoms with E-state index in [4.69, 9.17) is 28.4 Å². The molecule has 0 aliphatic carbocycles. The van der Waals surface area contributed by atoms with Gasteiger partial charge in [0.25, 0.3) is 0 Å². The first-order chi connectivity index (χ1) is 35.7. The maximum absolute atomic E-state index is 12.7. The Hall–Kier alpha value is -5.14. The Labute approximate surface area is 467 Å². The number of hydrogen-bond acceptors (Lipinski definition) is 12. The summed E-state index contributed by atoms with van der Waals surface area (Å²) in [6.45, 7) is 42.3. The van der Waals surface area contributed by atoms with E-state index in [1.807, 2.05) is 77.9 Å². The molecule has 0 bridgehead atoms. The van der Waals surface area contributed by atoms with Crippen LogP contribution in [0.3, 0.4) is 0 Å². The van der Waals surface area contributed by atoms with Gasteiger partial charge in [0.15, 0.2) is 12.6 Å². The average Bonchev–Trinajstić information content (AvgIpc) is 3.32. The fourth-order valence-corrected chi connectivity index (χ4v) is 10.0. The van der Waals surface area contributed by atoms with E-state index in [1.54, 1.807) is 0 Å². The Kier molecular flexibility index (Phi) is 19.8. The van der Waals surface area contributed by atoms with E-state index in [0.717, 1.165) is 66.8 Å². The van der Waals surface area contributed by atoms with E-state index in [0.29, 0.717) is 68.7 Å². The van der Waals surface area contributed by atoms with E-state index in [-0.39, 0.29) is 59.7 Å². The van der Waals surface area contributed by atoms with Crippen molar-refractivity contribution in [1.82, 2.24) is 0 Å². The van der Waals surface area contributed by atoms with Crippen molar-refractivity contribution in [3.63, 3.8) is 0 Å². The lowest BCUT2D eigenvalue weighted by atomic mass is 9.81. The predicted octanol–water partition coefficient (Wildman–Crippen LogP) is 13.6. The maximum Gasteiger partial charge on any atom is 0.306 e. The highest BCUT2D eigenvalue weighted by molar-refractivity contribution is 5.70. The summed E-state index contributed by atoms with van der Waals surface area (Å²) < 4.78 is 36.1. The molecule has 2 saturated heterocycles. The molecule has 0 unspecified atom stereocenters. The number of rotatable bonds is 14. The van der Waals surface area contributed by atoms with Gasteiger partial charge in [-0.1, -0.05) is 170 Å². The van der Waals surface area contributed by atoms with Crippen molar-refractivity contribution in [3.8, 4) is 23.0 Å². The third kappa shape index (κ3) is 16.5. The zero-order valence-corrected chi connectivity index (χ0v) is 51.1. The van der Waals surface area contributed by atoms with Crippen molar-refractivity contribution in [1.29, 1.82) is 0 Å². The molecule has 0 saturated carbocycles. The summed E-state index contributed by atoms with van der Waals surface area (Å²) in [5.41, 5.74) is 8.83. The molecular formula is C66H96O12. The largest absolute Gasteiger partial charge is 0.507 e. The van der Waals surface area contributed by atoms with Crippen molar-refractivity contribution < 1.29 is 58.4 Å². The summed E-state index contributed by atoms with van der Waals surface area (Å²) in [4.78, 5) is 25.5. The second-order valence-electron chi connectivity index (χ2n) is 28.1. The Balaban J connectivity index is 0.000000373. The van der Waals surface area contributed by atoms with E-state index in [1.165, 1.54) is 0 Å². The Morgan fingerprint density at radius 3 is 1.05 bits per heavy atom. The van der Waals surface area contributed by atoms with E-state index >= 15 is 0 Å². The number of phenolic OH excluding ortho intramolecular Hbond substituents is 4. The molecule has 12 nitrogen and oxygen atoms in total. The Morgan fingerprint density at radius 1 is 0.462 bits per heavy atom. The normalized spacial score (nSPS) is 18.6. The first kappa shape index (κ1) is 63.7. The number of benzene rings is 4. The summed E-state index contributed by atoms with van der Waals surface area (Å²) in [6.07, 6.45) is 0.853. The van der Waals surface area contributed by atoms with Crippen LogP contribution in [-0.4, -0.2) is 84.6 Å².